The van der Waals surface area contributed by atoms with Crippen LogP contribution in [0.25, 0.3) is 0 Å². The minimum absolute atomic E-state index is 0.0239. The summed E-state index contributed by atoms with van der Waals surface area (Å²) in [6.07, 6.45) is 1.32. The second-order valence-electron chi connectivity index (χ2n) is 6.79. The van der Waals surface area contributed by atoms with Crippen molar-refractivity contribution in [1.29, 1.82) is 0 Å². The van der Waals surface area contributed by atoms with Gasteiger partial charge in [0, 0.05) is 30.1 Å². The van der Waals surface area contributed by atoms with Crippen molar-refractivity contribution >= 4 is 23.3 Å². The molecule has 0 aliphatic carbocycles. The van der Waals surface area contributed by atoms with E-state index in [1.165, 1.54) is 23.2 Å². The van der Waals surface area contributed by atoms with Gasteiger partial charge in [0.05, 0.1) is 30.5 Å². The van der Waals surface area contributed by atoms with E-state index in [9.17, 15) is 27.2 Å². The second kappa shape index (κ2) is 8.09. The Hall–Kier alpha value is -3.89. The fraction of sp³-hybridized carbons (Fsp3) is 0.150. The number of nitrogens with zero attached hydrogens (tertiary/aromatic N) is 3. The van der Waals surface area contributed by atoms with Crippen molar-refractivity contribution in [1.82, 2.24) is 14.7 Å². The van der Waals surface area contributed by atoms with Gasteiger partial charge in [-0.1, -0.05) is 0 Å². The molecule has 7 nitrogen and oxygen atoms in total. The van der Waals surface area contributed by atoms with E-state index in [2.05, 4.69) is 15.7 Å². The third-order valence-electron chi connectivity index (χ3n) is 4.75. The van der Waals surface area contributed by atoms with E-state index in [-0.39, 0.29) is 30.0 Å². The summed E-state index contributed by atoms with van der Waals surface area (Å²) in [5.41, 5.74) is 0.744. The fourth-order valence-corrected chi connectivity index (χ4v) is 3.16. The topological polar surface area (TPSA) is 79.3 Å². The van der Waals surface area contributed by atoms with Crippen LogP contribution in [-0.4, -0.2) is 33.2 Å². The summed E-state index contributed by atoms with van der Waals surface area (Å²) in [5.74, 6) is -4.86. The zero-order valence-electron chi connectivity index (χ0n) is 15.8. The average molecular weight is 433 g/mol. The molecule has 1 aliphatic heterocycles. The Labute approximate surface area is 173 Å². The Morgan fingerprint density at radius 1 is 0.839 bits per heavy atom. The van der Waals surface area contributed by atoms with Gasteiger partial charge in [-0.05, 0) is 24.3 Å². The van der Waals surface area contributed by atoms with Crippen molar-refractivity contribution in [3.63, 3.8) is 0 Å². The second-order valence-corrected chi connectivity index (χ2v) is 6.79. The Balaban J connectivity index is 1.48. The van der Waals surface area contributed by atoms with E-state index >= 15 is 0 Å². The van der Waals surface area contributed by atoms with E-state index in [1.807, 2.05) is 0 Å². The molecule has 4 rings (SSSR count). The van der Waals surface area contributed by atoms with Gasteiger partial charge < -0.3 is 15.5 Å². The summed E-state index contributed by atoms with van der Waals surface area (Å²) in [5, 5.41) is 9.06. The number of rotatable bonds is 3. The summed E-state index contributed by atoms with van der Waals surface area (Å²) in [7, 11) is 0. The van der Waals surface area contributed by atoms with Gasteiger partial charge in [0.1, 0.15) is 0 Å². The van der Waals surface area contributed by atoms with Crippen LogP contribution in [0.2, 0.25) is 0 Å². The molecule has 0 spiro atoms. The number of hydrogen-bond donors (Lipinski definition) is 2. The molecule has 1 aromatic heterocycles. The number of aromatic nitrogens is 2. The van der Waals surface area contributed by atoms with Crippen LogP contribution >= 0.6 is 0 Å². The predicted molar refractivity (Wildman–Crippen MR) is 102 cm³/mol. The van der Waals surface area contributed by atoms with Crippen molar-refractivity contribution in [2.75, 3.05) is 17.2 Å². The molecule has 11 heteroatoms. The number of halogens is 4. The highest BCUT2D eigenvalue weighted by molar-refractivity contribution is 6.05. The first-order valence-corrected chi connectivity index (χ1v) is 9.14. The molecule has 0 radical (unpaired) electrons. The molecule has 0 saturated heterocycles. The van der Waals surface area contributed by atoms with Crippen LogP contribution in [-0.2, 0) is 13.1 Å². The van der Waals surface area contributed by atoms with Crippen molar-refractivity contribution < 1.29 is 27.2 Å². The van der Waals surface area contributed by atoms with Crippen molar-refractivity contribution in [3.8, 4) is 0 Å². The summed E-state index contributed by atoms with van der Waals surface area (Å²) in [6, 6.07) is 5.39. The molecule has 0 bridgehead atoms. The number of carbonyl (C=O) groups excluding carboxylic acids is 2. The molecule has 31 heavy (non-hydrogen) atoms. The molecule has 0 saturated carbocycles. The van der Waals surface area contributed by atoms with Gasteiger partial charge in [-0.3, -0.25) is 9.48 Å². The molecule has 2 N–H and O–H groups in total. The zero-order valence-corrected chi connectivity index (χ0v) is 15.8. The van der Waals surface area contributed by atoms with Crippen LogP contribution in [0, 0.1) is 23.3 Å². The minimum atomic E-state index is -1.10. The van der Waals surface area contributed by atoms with Gasteiger partial charge >= 0.3 is 6.03 Å². The first kappa shape index (κ1) is 20.4. The number of carbonyl (C=O) groups is 2. The standard InChI is InChI=1S/C20H15F4N5O2/c21-14-3-1-11(7-16(14)23)26-19(30)13-9-25-29-6-5-28(10-18(13)29)20(31)27-12-2-4-15(22)17(24)8-12/h1-4,7-9H,5-6,10H2,(H,26,30)(H,27,31). The number of fused-ring (bicyclic) bond motifs is 1. The maximum absolute atomic E-state index is 13.4. The molecule has 0 unspecified atom stereocenters. The lowest BCUT2D eigenvalue weighted by Gasteiger charge is -2.28. The molecule has 160 valence electrons. The van der Waals surface area contributed by atoms with E-state index in [1.54, 1.807) is 4.68 Å². The quantitative estimate of drug-likeness (QED) is 0.618. The number of benzene rings is 2. The minimum Gasteiger partial charge on any atom is -0.322 e. The van der Waals surface area contributed by atoms with Gasteiger partial charge in [-0.15, -0.1) is 0 Å². The third-order valence-corrected chi connectivity index (χ3v) is 4.75. The molecule has 1 aliphatic rings. The molecule has 2 heterocycles. The smallest absolute Gasteiger partial charge is 0.322 e. The first-order chi connectivity index (χ1) is 14.8. The number of nitrogens with one attached hydrogen (secondary N) is 2. The molecule has 0 fully saturated rings. The highest BCUT2D eigenvalue weighted by Crippen LogP contribution is 2.21. The van der Waals surface area contributed by atoms with Crippen LogP contribution in [0.4, 0.5) is 33.7 Å². The number of urea groups is 1. The van der Waals surface area contributed by atoms with Gasteiger partial charge in [0.25, 0.3) is 5.91 Å². The lowest BCUT2D eigenvalue weighted by atomic mass is 10.2. The average Bonchev–Trinajstić information content (AvgIpc) is 3.17. The van der Waals surface area contributed by atoms with Gasteiger partial charge in [0.15, 0.2) is 23.3 Å². The van der Waals surface area contributed by atoms with Gasteiger partial charge in [-0.2, -0.15) is 5.10 Å². The van der Waals surface area contributed by atoms with E-state index < -0.39 is 35.2 Å². The lowest BCUT2D eigenvalue weighted by molar-refractivity contribution is 0.102. The predicted octanol–water partition coefficient (Wildman–Crippen LogP) is 3.74. The van der Waals surface area contributed by atoms with Crippen LogP contribution in [0.15, 0.2) is 42.6 Å². The molecule has 3 aromatic rings. The maximum atomic E-state index is 13.4. The van der Waals surface area contributed by atoms with Crippen LogP contribution in [0.5, 0.6) is 0 Å². The van der Waals surface area contributed by atoms with E-state index in [4.69, 9.17) is 0 Å². The molecule has 2 aromatic carbocycles. The Morgan fingerprint density at radius 3 is 2.06 bits per heavy atom. The Kier molecular flexibility index (Phi) is 5.32. The Bertz CT molecular complexity index is 1180. The summed E-state index contributed by atoms with van der Waals surface area (Å²) >= 11 is 0. The summed E-state index contributed by atoms with van der Waals surface area (Å²) in [6.45, 7) is 0.601. The molecular weight excluding hydrogens is 418 g/mol. The van der Waals surface area contributed by atoms with Crippen LogP contribution < -0.4 is 10.6 Å². The summed E-state index contributed by atoms with van der Waals surface area (Å²) < 4.78 is 54.4. The van der Waals surface area contributed by atoms with Crippen LogP contribution in [0.3, 0.4) is 0 Å². The monoisotopic (exact) mass is 433 g/mol. The molecular formula is C20H15F4N5O2. The highest BCUT2D eigenvalue weighted by atomic mass is 19.2. The van der Waals surface area contributed by atoms with Gasteiger partial charge in [-0.25, -0.2) is 22.4 Å². The van der Waals surface area contributed by atoms with Crippen LogP contribution in [0.1, 0.15) is 16.1 Å². The SMILES string of the molecule is O=C(Nc1ccc(F)c(F)c1)c1cnn2c1CN(C(=O)Nc1ccc(F)c(F)c1)CC2. The number of hydrogen-bond acceptors (Lipinski definition) is 3. The molecule has 0 atom stereocenters. The maximum Gasteiger partial charge on any atom is 0.322 e. The number of anilines is 2. The largest absolute Gasteiger partial charge is 0.322 e. The lowest BCUT2D eigenvalue weighted by Crippen LogP contribution is -2.41. The van der Waals surface area contributed by atoms with Gasteiger partial charge in [0.2, 0.25) is 0 Å². The normalized spacial score (nSPS) is 13.0. The van der Waals surface area contributed by atoms with Crippen molar-refractivity contribution in [3.05, 3.63) is 77.1 Å². The third kappa shape index (κ3) is 4.20. The molecule has 3 amide bonds. The zero-order chi connectivity index (χ0) is 22.1. The fourth-order valence-electron chi connectivity index (χ4n) is 3.16. The first-order valence-electron chi connectivity index (χ1n) is 9.14. The Morgan fingerprint density at radius 2 is 1.45 bits per heavy atom. The van der Waals surface area contributed by atoms with E-state index in [0.717, 1.165) is 24.3 Å². The van der Waals surface area contributed by atoms with Crippen molar-refractivity contribution in [2.45, 2.75) is 13.1 Å². The van der Waals surface area contributed by atoms with E-state index in [0.29, 0.717) is 12.2 Å². The summed E-state index contributed by atoms with van der Waals surface area (Å²) in [4.78, 5) is 26.5. The highest BCUT2D eigenvalue weighted by Gasteiger charge is 2.27. The van der Waals surface area contributed by atoms with Crippen molar-refractivity contribution in [2.24, 2.45) is 0 Å². The number of amides is 3.